The Bertz CT molecular complexity index is 3540. The Kier molecular flexibility index (Phi) is 9.85. The molecule has 0 aromatic heterocycles. The fourth-order valence-electron chi connectivity index (χ4n) is 14.4. The van der Waals surface area contributed by atoms with Crippen LogP contribution in [0.2, 0.25) is 0 Å². The van der Waals surface area contributed by atoms with E-state index in [0.29, 0.717) is 0 Å². The average Bonchev–Trinajstić information content (AvgIpc) is 3.60. The molecule has 8 aromatic carbocycles. The van der Waals surface area contributed by atoms with Crippen LogP contribution in [-0.2, 0) is 39.9 Å². The second-order valence-corrected chi connectivity index (χ2v) is 25.9. The van der Waals surface area contributed by atoms with Crippen molar-refractivity contribution >= 4 is 68.6 Å². The van der Waals surface area contributed by atoms with E-state index in [0.717, 1.165) is 19.3 Å². The van der Waals surface area contributed by atoms with Gasteiger partial charge in [-0.3, -0.25) is 0 Å². The molecule has 4 heteroatoms. The molecule has 0 spiro atoms. The van der Waals surface area contributed by atoms with E-state index in [1.807, 2.05) is 0 Å². The highest BCUT2D eigenvalue weighted by atomic mass is 15.3. The topological polar surface area (TPSA) is 9.72 Å². The second-order valence-electron chi connectivity index (χ2n) is 25.9. The summed E-state index contributed by atoms with van der Waals surface area (Å²) in [4.78, 5) is 8.14. The molecule has 0 radical (unpaired) electrons. The van der Waals surface area contributed by atoms with Crippen molar-refractivity contribution in [1.82, 2.24) is 0 Å². The molecule has 3 nitrogen and oxygen atoms in total. The molecule has 2 atom stereocenters. The van der Waals surface area contributed by atoms with Crippen molar-refractivity contribution in [2.45, 2.75) is 134 Å². The largest absolute Gasteiger partial charge is 0.334 e. The summed E-state index contributed by atoms with van der Waals surface area (Å²) in [6.07, 6.45) is 4.15. The number of fused-ring (bicyclic) bond motifs is 9. The zero-order valence-corrected chi connectivity index (χ0v) is 45.0. The van der Waals surface area contributed by atoms with Gasteiger partial charge in [0.15, 0.2) is 0 Å². The molecule has 364 valence electrons. The number of anilines is 8. The van der Waals surface area contributed by atoms with Gasteiger partial charge in [0.05, 0.1) is 5.54 Å². The van der Waals surface area contributed by atoms with Crippen LogP contribution in [0.1, 0.15) is 134 Å². The van der Waals surface area contributed by atoms with Crippen LogP contribution in [0.3, 0.4) is 0 Å². The van der Waals surface area contributed by atoms with Crippen LogP contribution < -0.4 is 31.1 Å². The van der Waals surface area contributed by atoms with Gasteiger partial charge in [0, 0.05) is 50.9 Å². The standard InChI is InChI=1S/C69H70BN3/c1-64(2,3)48-27-22-30-51(37-48)72-59-38-49(65(4,5)6)33-34-56(59)70-57-41-54-55(67(9,10)36-35-66(54,7)8)42-60(57)71(50-28-16-13-17-29-50)61-39-52(40-62(72)63(61)70)73-58-32-21-20-31-53(58)69(47-25-14-12-15-26-47)44-46-24-19-18-23-45(46)43-68(69,73)11/h12-34,37-42H,35-36,43-44H2,1-11H3. The van der Waals surface area contributed by atoms with E-state index in [-0.39, 0.29) is 39.3 Å². The molecule has 0 fully saturated rings. The van der Waals surface area contributed by atoms with Crippen LogP contribution in [0.4, 0.5) is 45.5 Å². The molecular formula is C69H70BN3. The fourth-order valence-corrected chi connectivity index (χ4v) is 14.4. The number of nitrogens with zero attached hydrogens (tertiary/aromatic N) is 3. The van der Waals surface area contributed by atoms with Crippen molar-refractivity contribution in [2.75, 3.05) is 14.7 Å². The molecule has 0 amide bonds. The Labute approximate surface area is 436 Å². The molecule has 13 rings (SSSR count). The first-order valence-electron chi connectivity index (χ1n) is 27.1. The highest BCUT2D eigenvalue weighted by molar-refractivity contribution is 7.00. The summed E-state index contributed by atoms with van der Waals surface area (Å²) in [5, 5.41) is 0. The van der Waals surface area contributed by atoms with Gasteiger partial charge in [-0.25, -0.2) is 0 Å². The highest BCUT2D eigenvalue weighted by Crippen LogP contribution is 2.63. The highest BCUT2D eigenvalue weighted by Gasteiger charge is 2.62. The minimum atomic E-state index is -0.380. The number of hydrogen-bond acceptors (Lipinski definition) is 3. The SMILES string of the molecule is CC(C)(C)c1cccc(N2c3cc(C(C)(C)C)ccc3B3c4cc5c(cc4N(c4ccccc4)c4cc(N6c7ccccc7C7(c8ccccc8)Cc8ccccc8CC67C)cc2c43)C(C)(C)CCC5(C)C)c1. The van der Waals surface area contributed by atoms with Crippen LogP contribution in [0.5, 0.6) is 0 Å². The van der Waals surface area contributed by atoms with Crippen LogP contribution in [0, 0.1) is 0 Å². The first-order valence-corrected chi connectivity index (χ1v) is 27.1. The maximum atomic E-state index is 2.80. The zero-order valence-electron chi connectivity index (χ0n) is 45.0. The molecule has 0 N–H and O–H groups in total. The predicted molar refractivity (Wildman–Crippen MR) is 311 cm³/mol. The number of para-hydroxylation sites is 2. The Morgan fingerprint density at radius 1 is 0.411 bits per heavy atom. The lowest BCUT2D eigenvalue weighted by Gasteiger charge is -2.53. The molecule has 0 saturated heterocycles. The van der Waals surface area contributed by atoms with Crippen molar-refractivity contribution in [3.8, 4) is 0 Å². The lowest BCUT2D eigenvalue weighted by atomic mass is 9.33. The van der Waals surface area contributed by atoms with Crippen LogP contribution >= 0.6 is 0 Å². The Balaban J connectivity index is 1.18. The average molecular weight is 952 g/mol. The van der Waals surface area contributed by atoms with Crippen LogP contribution in [0.25, 0.3) is 0 Å². The minimum absolute atomic E-state index is 0.00219. The Morgan fingerprint density at radius 3 is 1.63 bits per heavy atom. The van der Waals surface area contributed by atoms with Crippen LogP contribution in [-0.4, -0.2) is 12.3 Å². The monoisotopic (exact) mass is 952 g/mol. The molecule has 5 aliphatic rings. The molecule has 2 aliphatic carbocycles. The lowest BCUT2D eigenvalue weighted by Crippen LogP contribution is -2.62. The summed E-state index contributed by atoms with van der Waals surface area (Å²) in [5.41, 5.74) is 24.7. The normalized spacial score (nSPS) is 20.8. The minimum Gasteiger partial charge on any atom is -0.334 e. The van der Waals surface area contributed by atoms with Gasteiger partial charge in [0.2, 0.25) is 0 Å². The summed E-state index contributed by atoms with van der Waals surface area (Å²) in [6, 6.07) is 68.9. The summed E-state index contributed by atoms with van der Waals surface area (Å²) in [7, 11) is 0. The van der Waals surface area contributed by atoms with Gasteiger partial charge in [-0.1, -0.05) is 191 Å². The van der Waals surface area contributed by atoms with E-state index in [1.165, 1.54) is 113 Å². The molecular weight excluding hydrogens is 882 g/mol. The molecule has 0 saturated carbocycles. The third kappa shape index (κ3) is 6.64. The quantitative estimate of drug-likeness (QED) is 0.163. The van der Waals surface area contributed by atoms with Gasteiger partial charge < -0.3 is 14.7 Å². The van der Waals surface area contributed by atoms with Crippen molar-refractivity contribution in [1.29, 1.82) is 0 Å². The van der Waals surface area contributed by atoms with E-state index in [2.05, 4.69) is 267 Å². The summed E-state index contributed by atoms with van der Waals surface area (Å²) >= 11 is 0. The second kappa shape index (κ2) is 15.6. The summed E-state index contributed by atoms with van der Waals surface area (Å²) in [6.45, 7) is 26.6. The molecule has 2 unspecified atom stereocenters. The van der Waals surface area contributed by atoms with Gasteiger partial charge in [0.25, 0.3) is 6.71 Å². The van der Waals surface area contributed by atoms with Gasteiger partial charge in [-0.2, -0.15) is 0 Å². The zero-order chi connectivity index (χ0) is 50.6. The van der Waals surface area contributed by atoms with E-state index >= 15 is 0 Å². The third-order valence-corrected chi connectivity index (χ3v) is 18.5. The predicted octanol–water partition coefficient (Wildman–Crippen LogP) is 15.7. The molecule has 0 bridgehead atoms. The third-order valence-electron chi connectivity index (χ3n) is 18.5. The Morgan fingerprint density at radius 2 is 0.959 bits per heavy atom. The maximum absolute atomic E-state index is 2.80. The van der Waals surface area contributed by atoms with Crippen molar-refractivity contribution < 1.29 is 0 Å². The van der Waals surface area contributed by atoms with Crippen molar-refractivity contribution in [3.05, 3.63) is 220 Å². The van der Waals surface area contributed by atoms with E-state index in [4.69, 9.17) is 0 Å². The Hall–Kier alpha value is -6.78. The number of rotatable bonds is 4. The van der Waals surface area contributed by atoms with Gasteiger partial charge >= 0.3 is 0 Å². The fraction of sp³-hybridized carbons (Fsp3) is 0.304. The smallest absolute Gasteiger partial charge is 0.252 e. The van der Waals surface area contributed by atoms with Crippen molar-refractivity contribution in [2.24, 2.45) is 0 Å². The molecule has 8 aromatic rings. The molecule has 3 heterocycles. The number of hydrogen-bond donors (Lipinski definition) is 0. The van der Waals surface area contributed by atoms with Crippen molar-refractivity contribution in [3.63, 3.8) is 0 Å². The van der Waals surface area contributed by atoms with Gasteiger partial charge in [0.1, 0.15) is 0 Å². The van der Waals surface area contributed by atoms with Gasteiger partial charge in [-0.05, 0) is 170 Å². The summed E-state index contributed by atoms with van der Waals surface area (Å²) in [5.74, 6) is 0. The van der Waals surface area contributed by atoms with Gasteiger partial charge in [-0.15, -0.1) is 0 Å². The van der Waals surface area contributed by atoms with Crippen LogP contribution in [0.15, 0.2) is 176 Å². The van der Waals surface area contributed by atoms with E-state index in [9.17, 15) is 0 Å². The van der Waals surface area contributed by atoms with E-state index in [1.54, 1.807) is 0 Å². The van der Waals surface area contributed by atoms with E-state index < -0.39 is 0 Å². The molecule has 73 heavy (non-hydrogen) atoms. The first kappa shape index (κ1) is 46.0. The maximum Gasteiger partial charge on any atom is 0.252 e. The lowest BCUT2D eigenvalue weighted by molar-refractivity contribution is 0.281. The summed E-state index contributed by atoms with van der Waals surface area (Å²) < 4.78 is 0. The number of benzene rings is 8. The molecule has 3 aliphatic heterocycles. The first-order chi connectivity index (χ1) is 34.8.